The van der Waals surface area contributed by atoms with Gasteiger partial charge in [0, 0.05) is 12.0 Å². The quantitative estimate of drug-likeness (QED) is 0.652. The Morgan fingerprint density at radius 3 is 1.78 bits per heavy atom. The minimum Gasteiger partial charge on any atom is -0.330 e. The molecule has 0 radical (unpaired) electrons. The Morgan fingerprint density at radius 1 is 1.44 bits per heavy atom. The van der Waals surface area contributed by atoms with Crippen LogP contribution in [0.3, 0.4) is 0 Å². The van der Waals surface area contributed by atoms with Crippen molar-refractivity contribution in [3.63, 3.8) is 0 Å². The number of alkyl halides is 2. The highest BCUT2D eigenvalue weighted by molar-refractivity contribution is 5.85. The predicted octanol–water partition coefficient (Wildman–Crippen LogP) is 1.66. The zero-order valence-corrected chi connectivity index (χ0v) is 6.34. The average molecular weight is 160 g/mol. The van der Waals surface area contributed by atoms with Crippen LogP contribution in [0.2, 0.25) is 0 Å². The van der Waals surface area contributed by atoms with Gasteiger partial charge in [-0.05, 0) is 0 Å². The highest BCUT2D eigenvalue weighted by Crippen LogP contribution is 2.21. The molecule has 0 rings (SSSR count). The van der Waals surface area contributed by atoms with Crippen LogP contribution < -0.4 is 5.73 Å². The van der Waals surface area contributed by atoms with Gasteiger partial charge in [-0.1, -0.05) is 13.8 Å². The van der Waals surface area contributed by atoms with Crippen molar-refractivity contribution in [2.75, 3.05) is 6.54 Å². The van der Waals surface area contributed by atoms with Gasteiger partial charge in [-0.3, -0.25) is 0 Å². The van der Waals surface area contributed by atoms with Crippen LogP contribution in [0.15, 0.2) is 0 Å². The second-order valence-corrected chi connectivity index (χ2v) is 2.49. The Morgan fingerprint density at radius 2 is 1.78 bits per heavy atom. The van der Waals surface area contributed by atoms with E-state index in [4.69, 9.17) is 5.73 Å². The molecule has 0 aliphatic carbocycles. The standard InChI is InChI=1S/C5H11F2N.ClH/c1-5(2,3-8)4(6)7;/h4H,3,8H2,1-2H3;1H. The number of rotatable bonds is 2. The Kier molecular flexibility index (Phi) is 5.28. The highest BCUT2D eigenvalue weighted by Gasteiger charge is 2.27. The van der Waals surface area contributed by atoms with E-state index in [0.29, 0.717) is 0 Å². The van der Waals surface area contributed by atoms with E-state index in [1.54, 1.807) is 0 Å². The molecule has 0 bridgehead atoms. The lowest BCUT2D eigenvalue weighted by Gasteiger charge is -2.19. The Labute approximate surface area is 60.0 Å². The largest absolute Gasteiger partial charge is 0.330 e. The molecule has 4 heteroatoms. The molecule has 0 aromatic rings. The maximum atomic E-state index is 11.7. The number of halogens is 3. The van der Waals surface area contributed by atoms with Gasteiger partial charge in [0.1, 0.15) is 0 Å². The zero-order valence-electron chi connectivity index (χ0n) is 5.53. The molecule has 0 unspecified atom stereocenters. The van der Waals surface area contributed by atoms with Crippen molar-refractivity contribution in [2.24, 2.45) is 11.1 Å². The fourth-order valence-electron chi connectivity index (χ4n) is 0.0891. The van der Waals surface area contributed by atoms with Crippen LogP contribution in [-0.4, -0.2) is 13.0 Å². The molecule has 0 atom stereocenters. The van der Waals surface area contributed by atoms with Gasteiger partial charge in [0.15, 0.2) is 0 Å². The van der Waals surface area contributed by atoms with Crippen molar-refractivity contribution in [2.45, 2.75) is 20.3 Å². The van der Waals surface area contributed by atoms with Gasteiger partial charge in [-0.2, -0.15) is 0 Å². The van der Waals surface area contributed by atoms with Crippen molar-refractivity contribution in [3.8, 4) is 0 Å². The highest BCUT2D eigenvalue weighted by atomic mass is 35.5. The third kappa shape index (κ3) is 3.65. The normalized spacial score (nSPS) is 11.3. The molecule has 0 amide bonds. The van der Waals surface area contributed by atoms with Crippen LogP contribution in [0, 0.1) is 5.41 Å². The molecule has 0 saturated carbocycles. The second-order valence-electron chi connectivity index (χ2n) is 2.49. The van der Waals surface area contributed by atoms with Gasteiger partial charge < -0.3 is 5.73 Å². The summed E-state index contributed by atoms with van der Waals surface area (Å²) in [6.07, 6.45) is -2.31. The number of hydrogen-bond acceptors (Lipinski definition) is 1. The fourth-order valence-corrected chi connectivity index (χ4v) is 0.0891. The van der Waals surface area contributed by atoms with Crippen molar-refractivity contribution < 1.29 is 8.78 Å². The third-order valence-corrected chi connectivity index (χ3v) is 1.12. The lowest BCUT2D eigenvalue weighted by Crippen LogP contribution is -2.30. The Balaban J connectivity index is 0. The molecule has 0 aliphatic rings. The fraction of sp³-hybridized carbons (Fsp3) is 1.00. The van der Waals surface area contributed by atoms with Gasteiger partial charge in [-0.15, -0.1) is 12.4 Å². The SMILES string of the molecule is CC(C)(CN)C(F)F.Cl. The summed E-state index contributed by atoms with van der Waals surface area (Å²) in [6, 6.07) is 0. The number of nitrogens with two attached hydrogens (primary N) is 1. The smallest absolute Gasteiger partial charge is 0.244 e. The molecule has 0 aromatic heterocycles. The van der Waals surface area contributed by atoms with Gasteiger partial charge >= 0.3 is 0 Å². The molecule has 0 aromatic carbocycles. The summed E-state index contributed by atoms with van der Waals surface area (Å²) >= 11 is 0. The van der Waals surface area contributed by atoms with Crippen LogP contribution in [0.5, 0.6) is 0 Å². The first-order chi connectivity index (χ1) is 3.50. The summed E-state index contributed by atoms with van der Waals surface area (Å²) in [6.45, 7) is 2.92. The van der Waals surface area contributed by atoms with Crippen molar-refractivity contribution in [1.29, 1.82) is 0 Å². The van der Waals surface area contributed by atoms with Crippen LogP contribution in [0.4, 0.5) is 8.78 Å². The summed E-state index contributed by atoms with van der Waals surface area (Å²) in [7, 11) is 0. The molecule has 0 saturated heterocycles. The molecule has 0 fully saturated rings. The first kappa shape index (κ1) is 11.9. The molecule has 9 heavy (non-hydrogen) atoms. The summed E-state index contributed by atoms with van der Waals surface area (Å²) in [5.74, 6) is 0. The topological polar surface area (TPSA) is 26.0 Å². The number of hydrogen-bond donors (Lipinski definition) is 1. The minimum atomic E-state index is -2.31. The van der Waals surface area contributed by atoms with Crippen LogP contribution in [0.1, 0.15) is 13.8 Å². The van der Waals surface area contributed by atoms with E-state index in [9.17, 15) is 8.78 Å². The lowest BCUT2D eigenvalue weighted by molar-refractivity contribution is 0.0258. The first-order valence-electron chi connectivity index (χ1n) is 2.49. The molecular weight excluding hydrogens is 148 g/mol. The van der Waals surface area contributed by atoms with Crippen LogP contribution >= 0.6 is 12.4 Å². The van der Waals surface area contributed by atoms with Crippen LogP contribution in [0.25, 0.3) is 0 Å². The van der Waals surface area contributed by atoms with E-state index in [-0.39, 0.29) is 19.0 Å². The van der Waals surface area contributed by atoms with Crippen molar-refractivity contribution in [3.05, 3.63) is 0 Å². The Hall–Kier alpha value is 0.110. The maximum Gasteiger partial charge on any atom is 0.244 e. The molecule has 2 N–H and O–H groups in total. The second kappa shape index (κ2) is 4.01. The maximum absolute atomic E-state index is 11.7. The van der Waals surface area contributed by atoms with Gasteiger partial charge in [-0.25, -0.2) is 8.78 Å². The van der Waals surface area contributed by atoms with Gasteiger partial charge in [0.25, 0.3) is 0 Å². The molecular formula is C5H12ClF2N. The molecule has 1 nitrogen and oxygen atoms in total. The lowest BCUT2D eigenvalue weighted by atomic mass is 9.95. The average Bonchev–Trinajstić information content (AvgIpc) is 1.67. The summed E-state index contributed by atoms with van der Waals surface area (Å²) in [5.41, 5.74) is 4.01. The molecule has 0 spiro atoms. The van der Waals surface area contributed by atoms with E-state index in [1.165, 1.54) is 13.8 Å². The minimum absolute atomic E-state index is 0. The summed E-state index contributed by atoms with van der Waals surface area (Å²) < 4.78 is 23.5. The molecule has 58 valence electrons. The van der Waals surface area contributed by atoms with E-state index >= 15 is 0 Å². The summed E-state index contributed by atoms with van der Waals surface area (Å²) in [4.78, 5) is 0. The van der Waals surface area contributed by atoms with E-state index in [0.717, 1.165) is 0 Å². The van der Waals surface area contributed by atoms with E-state index in [1.807, 2.05) is 0 Å². The monoisotopic (exact) mass is 159 g/mol. The summed E-state index contributed by atoms with van der Waals surface area (Å²) in [5, 5.41) is 0. The van der Waals surface area contributed by atoms with E-state index in [2.05, 4.69) is 0 Å². The Bertz CT molecular complexity index is 75.4. The zero-order chi connectivity index (χ0) is 6.78. The van der Waals surface area contributed by atoms with Gasteiger partial charge in [0.2, 0.25) is 6.43 Å². The first-order valence-corrected chi connectivity index (χ1v) is 2.49. The molecule has 0 aliphatic heterocycles. The molecule has 0 heterocycles. The van der Waals surface area contributed by atoms with E-state index < -0.39 is 11.8 Å². The predicted molar refractivity (Wildman–Crippen MR) is 36.1 cm³/mol. The van der Waals surface area contributed by atoms with Crippen molar-refractivity contribution in [1.82, 2.24) is 0 Å². The van der Waals surface area contributed by atoms with Crippen LogP contribution in [-0.2, 0) is 0 Å². The van der Waals surface area contributed by atoms with Gasteiger partial charge in [0.05, 0.1) is 0 Å². The third-order valence-electron chi connectivity index (χ3n) is 1.12. The van der Waals surface area contributed by atoms with Crippen molar-refractivity contribution >= 4 is 12.4 Å².